The minimum absolute atomic E-state index is 0.0724. The molecule has 11 atom stereocenters. The van der Waals surface area contributed by atoms with Crippen molar-refractivity contribution in [2.45, 2.75) is 94.4 Å². The molecule has 1 aliphatic heterocycles. The third kappa shape index (κ3) is 5.26. The van der Waals surface area contributed by atoms with Crippen LogP contribution in [0.15, 0.2) is 71.8 Å². The van der Waals surface area contributed by atoms with E-state index in [9.17, 15) is 34.8 Å². The van der Waals surface area contributed by atoms with E-state index in [1.807, 2.05) is 6.07 Å². The first-order valence-electron chi connectivity index (χ1n) is 17.0. The zero-order chi connectivity index (χ0) is 36.4. The number of esters is 2. The molecule has 6 rings (SSSR count). The molecule has 0 radical (unpaired) electrons. The molecular weight excluding hydrogens is 646 g/mol. The van der Waals surface area contributed by atoms with Crippen LogP contribution in [0.5, 0.6) is 0 Å². The number of Topliss-reactive ketones (excluding diaryl/α,β-unsaturated/α-hetero) is 1. The summed E-state index contributed by atoms with van der Waals surface area (Å²) < 4.78 is 23.9. The molecule has 1 heterocycles. The normalized spacial score (nSPS) is 37.2. The maximum atomic E-state index is 14.9. The number of rotatable bonds is 8. The number of hydrogen-bond donors (Lipinski definition) is 5. The highest BCUT2D eigenvalue weighted by Gasteiger charge is 2.76. The lowest BCUT2D eigenvalue weighted by Gasteiger charge is -2.67. The van der Waals surface area contributed by atoms with Crippen LogP contribution in [0, 0.1) is 16.7 Å². The predicted molar refractivity (Wildman–Crippen MR) is 179 cm³/mol. The highest BCUT2D eigenvalue weighted by atomic mass is 16.6. The zero-order valence-corrected chi connectivity index (χ0v) is 29.2. The van der Waals surface area contributed by atoms with E-state index < -0.39 is 88.3 Å². The number of fused-ring (bicyclic) bond motifs is 5. The summed E-state index contributed by atoms with van der Waals surface area (Å²) >= 11 is 0. The fourth-order valence-electron chi connectivity index (χ4n) is 9.08. The standard InChI is InChI=1S/C38H47NO11/c1-20-23(49-34(44)28(41)27(39-5)21-13-9-7-10-14-21)18-38(46)32(50-33(43)22-15-11-8-12-16-22)30-36(4,24(40)17-25-37(30,45)19-48-25)31(42)29(47-6)26(20)35(38,2)3/h7-16,23-25,27-30,32,39-41,45-46H,17-19H2,1-6H3/t23?,24?,25?,27?,28?,29?,30?,32?,36-,37+,38?/m1/s1. The van der Waals surface area contributed by atoms with Crippen LogP contribution in [0.2, 0.25) is 0 Å². The van der Waals surface area contributed by atoms with E-state index in [2.05, 4.69) is 5.32 Å². The molecule has 5 N–H and O–H groups in total. The van der Waals surface area contributed by atoms with Gasteiger partial charge in [0.05, 0.1) is 35.8 Å². The van der Waals surface area contributed by atoms with Gasteiger partial charge in [0.25, 0.3) is 0 Å². The van der Waals surface area contributed by atoms with Gasteiger partial charge in [-0.1, -0.05) is 62.4 Å². The van der Waals surface area contributed by atoms with E-state index >= 15 is 0 Å². The van der Waals surface area contributed by atoms with Crippen molar-refractivity contribution in [3.05, 3.63) is 82.9 Å². The van der Waals surface area contributed by atoms with Gasteiger partial charge < -0.3 is 44.7 Å². The second kappa shape index (κ2) is 12.9. The third-order valence-electron chi connectivity index (χ3n) is 12.1. The average Bonchev–Trinajstić information content (AvgIpc) is 3.10. The first kappa shape index (κ1) is 36.3. The summed E-state index contributed by atoms with van der Waals surface area (Å²) in [6.45, 7) is 6.32. The SMILES string of the molecule is CNC(c1ccccc1)C(O)C(=O)OC1CC2(O)C(OC(=O)c3ccccc3)C3[C@]4(O)COC4CC(O)[C@@]3(C)C(=O)C(OC)C(=C1C)C2(C)C. The number of methoxy groups -OCH3 is 1. The van der Waals surface area contributed by atoms with Gasteiger partial charge in [-0.15, -0.1) is 0 Å². The summed E-state index contributed by atoms with van der Waals surface area (Å²) in [6.07, 6.45) is -8.56. The predicted octanol–water partition coefficient (Wildman–Crippen LogP) is 2.04. The van der Waals surface area contributed by atoms with Crippen molar-refractivity contribution in [1.29, 1.82) is 0 Å². The molecule has 2 bridgehead atoms. The average molecular weight is 694 g/mol. The van der Waals surface area contributed by atoms with Gasteiger partial charge in [0.2, 0.25) is 0 Å². The summed E-state index contributed by atoms with van der Waals surface area (Å²) in [6, 6.07) is 16.2. The number of aliphatic hydroxyl groups is 4. The molecule has 0 spiro atoms. The molecule has 0 aromatic heterocycles. The van der Waals surface area contributed by atoms with Crippen LogP contribution in [-0.2, 0) is 28.5 Å². The van der Waals surface area contributed by atoms with Crippen LogP contribution in [0.25, 0.3) is 0 Å². The minimum atomic E-state index is -2.14. The lowest BCUT2D eigenvalue weighted by Crippen LogP contribution is -2.81. The quantitative estimate of drug-likeness (QED) is 0.201. The van der Waals surface area contributed by atoms with Gasteiger partial charge in [-0.2, -0.15) is 0 Å². The minimum Gasteiger partial charge on any atom is -0.456 e. The second-order valence-electron chi connectivity index (χ2n) is 14.9. The number of ketones is 1. The molecule has 2 saturated carbocycles. The second-order valence-corrected chi connectivity index (χ2v) is 14.9. The van der Waals surface area contributed by atoms with Crippen LogP contribution >= 0.6 is 0 Å². The van der Waals surface area contributed by atoms with Crippen molar-refractivity contribution in [2.75, 3.05) is 20.8 Å². The molecule has 3 aliphatic carbocycles. The molecule has 12 nitrogen and oxygen atoms in total. The third-order valence-corrected chi connectivity index (χ3v) is 12.1. The number of aliphatic hydroxyl groups excluding tert-OH is 2. The van der Waals surface area contributed by atoms with Gasteiger partial charge in [0.1, 0.15) is 29.5 Å². The lowest BCUT2D eigenvalue weighted by molar-refractivity contribution is -0.343. The largest absolute Gasteiger partial charge is 0.456 e. The molecule has 1 saturated heterocycles. The van der Waals surface area contributed by atoms with Crippen LogP contribution in [0.1, 0.15) is 62.5 Å². The van der Waals surface area contributed by atoms with Crippen molar-refractivity contribution in [1.82, 2.24) is 5.32 Å². The van der Waals surface area contributed by atoms with E-state index in [4.69, 9.17) is 18.9 Å². The molecule has 50 heavy (non-hydrogen) atoms. The van der Waals surface area contributed by atoms with E-state index in [1.165, 1.54) is 14.0 Å². The maximum Gasteiger partial charge on any atom is 0.338 e. The Balaban J connectivity index is 1.51. The zero-order valence-electron chi connectivity index (χ0n) is 29.2. The van der Waals surface area contributed by atoms with E-state index in [0.717, 1.165) is 0 Å². The van der Waals surface area contributed by atoms with Crippen molar-refractivity contribution in [3.63, 3.8) is 0 Å². The number of hydrogen-bond acceptors (Lipinski definition) is 12. The fraction of sp³-hybridized carbons (Fsp3) is 0.553. The highest BCUT2D eigenvalue weighted by molar-refractivity contribution is 5.94. The molecule has 9 unspecified atom stereocenters. The monoisotopic (exact) mass is 693 g/mol. The summed E-state index contributed by atoms with van der Waals surface area (Å²) in [5, 5.41) is 51.5. The Bertz CT molecular complexity index is 1660. The van der Waals surface area contributed by atoms with Gasteiger partial charge in [0, 0.05) is 31.3 Å². The molecule has 12 heteroatoms. The van der Waals surface area contributed by atoms with Gasteiger partial charge in [-0.25, -0.2) is 9.59 Å². The van der Waals surface area contributed by atoms with E-state index in [0.29, 0.717) is 11.1 Å². The number of nitrogens with one attached hydrogen (secondary N) is 1. The molecule has 4 aliphatic rings. The van der Waals surface area contributed by atoms with Crippen molar-refractivity contribution < 1.29 is 53.8 Å². The maximum absolute atomic E-state index is 14.9. The van der Waals surface area contributed by atoms with Gasteiger partial charge >= 0.3 is 11.9 Å². The Labute approximate surface area is 291 Å². The van der Waals surface area contributed by atoms with Crippen LogP contribution < -0.4 is 5.32 Å². The Kier molecular flexibility index (Phi) is 9.39. The molecule has 2 aromatic rings. The fourth-order valence-corrected chi connectivity index (χ4v) is 9.08. The lowest BCUT2D eigenvalue weighted by atomic mass is 9.44. The molecule has 3 fully saturated rings. The van der Waals surface area contributed by atoms with E-state index in [1.54, 1.807) is 82.4 Å². The van der Waals surface area contributed by atoms with Gasteiger partial charge in [-0.3, -0.25) is 4.79 Å². The van der Waals surface area contributed by atoms with Crippen LogP contribution in [-0.4, -0.2) is 107 Å². The Hall–Kier alpha value is -3.49. The van der Waals surface area contributed by atoms with Gasteiger partial charge in [-0.05, 0) is 49.7 Å². The first-order chi connectivity index (χ1) is 23.6. The number of carbonyl (C=O) groups excluding carboxylic acids is 3. The van der Waals surface area contributed by atoms with Gasteiger partial charge in [0.15, 0.2) is 11.9 Å². The summed E-state index contributed by atoms with van der Waals surface area (Å²) in [5.41, 5.74) is -5.62. The molecular formula is C38H47NO11. The first-order valence-corrected chi connectivity index (χ1v) is 17.0. The molecule has 270 valence electrons. The highest BCUT2D eigenvalue weighted by Crippen LogP contribution is 2.63. The summed E-state index contributed by atoms with van der Waals surface area (Å²) in [5.74, 6) is -3.78. The van der Waals surface area contributed by atoms with E-state index in [-0.39, 0.29) is 30.6 Å². The van der Waals surface area contributed by atoms with Crippen molar-refractivity contribution >= 4 is 17.7 Å². The Morgan fingerprint density at radius 2 is 1.62 bits per heavy atom. The number of carbonyl (C=O) groups is 3. The molecule has 2 aromatic carbocycles. The Morgan fingerprint density at radius 3 is 2.18 bits per heavy atom. The number of benzene rings is 2. The number of likely N-dealkylation sites (N-methyl/N-ethyl adjacent to an activating group) is 1. The summed E-state index contributed by atoms with van der Waals surface area (Å²) in [4.78, 5) is 42.5. The topological polar surface area (TPSA) is 181 Å². The van der Waals surface area contributed by atoms with Crippen molar-refractivity contribution in [2.24, 2.45) is 16.7 Å². The van der Waals surface area contributed by atoms with Crippen molar-refractivity contribution in [3.8, 4) is 0 Å². The smallest absolute Gasteiger partial charge is 0.338 e. The molecule has 0 amide bonds. The van der Waals surface area contributed by atoms with Crippen LogP contribution in [0.4, 0.5) is 0 Å². The Morgan fingerprint density at radius 1 is 1.00 bits per heavy atom. The summed E-state index contributed by atoms with van der Waals surface area (Å²) in [7, 11) is 2.93. The van der Waals surface area contributed by atoms with Crippen LogP contribution in [0.3, 0.4) is 0 Å². The number of ether oxygens (including phenoxy) is 4.